The molecule has 792 valence electrons. The van der Waals surface area contributed by atoms with E-state index in [9.17, 15) is 194 Å². The van der Waals surface area contributed by atoms with Crippen molar-refractivity contribution in [2.45, 2.75) is 375 Å². The Morgan fingerprint density at radius 1 is 0.191 bits per heavy atom. The number of aliphatic hydroxyl groups excluding tert-OH is 37. The van der Waals surface area contributed by atoms with Crippen LogP contribution in [-0.2, 0) is 114 Å². The van der Waals surface area contributed by atoms with Gasteiger partial charge in [-0.2, -0.15) is 0 Å². The molecule has 62 nitrogen and oxygen atoms in total. The van der Waals surface area contributed by atoms with Crippen molar-refractivity contribution in [3.8, 4) is 0 Å². The average Bonchev–Trinajstić information content (AvgIpc) is 0.763. The summed E-state index contributed by atoms with van der Waals surface area (Å²) in [6.45, 7) is -13.1. The van der Waals surface area contributed by atoms with E-state index in [1.54, 1.807) is 0 Å². The molecule has 0 saturated carbocycles. The summed E-state index contributed by atoms with van der Waals surface area (Å²) >= 11 is 0. The van der Waals surface area contributed by atoms with Gasteiger partial charge in [-0.1, -0.05) is 0 Å². The first kappa shape index (κ1) is 112. The summed E-state index contributed by atoms with van der Waals surface area (Å²) in [6.07, 6.45) is -133. The Labute approximate surface area is 766 Å². The lowest BCUT2D eigenvalue weighted by atomic mass is 9.94. The molecule has 60 atom stereocenters. The number of nitrogens with one attached hydrogen (secondary N) is 1. The van der Waals surface area contributed by atoms with Crippen LogP contribution in [0.5, 0.6) is 0 Å². The van der Waals surface area contributed by atoms with Gasteiger partial charge in [0.05, 0.1) is 79.3 Å². The smallest absolute Gasteiger partial charge is 0.217 e. The predicted octanol–water partition coefficient (Wildman–Crippen LogP) is -27.0. The van der Waals surface area contributed by atoms with Crippen molar-refractivity contribution in [1.82, 2.24) is 5.32 Å². The highest BCUT2D eigenvalue weighted by Gasteiger charge is 2.63. The average molecular weight is 2000 g/mol. The van der Waals surface area contributed by atoms with Crippen LogP contribution in [0.25, 0.3) is 0 Å². The molecule has 0 radical (unpaired) electrons. The Morgan fingerprint density at radius 2 is 0.390 bits per heavy atom. The van der Waals surface area contributed by atoms with Gasteiger partial charge in [-0.15, -0.1) is 0 Å². The van der Waals surface area contributed by atoms with Gasteiger partial charge in [-0.05, 0) is 0 Å². The van der Waals surface area contributed by atoms with Gasteiger partial charge in [-0.25, -0.2) is 0 Å². The van der Waals surface area contributed by atoms with Gasteiger partial charge in [0.15, 0.2) is 75.5 Å². The van der Waals surface area contributed by atoms with Crippen LogP contribution in [0.2, 0.25) is 0 Å². The lowest BCUT2D eigenvalue weighted by Gasteiger charge is -2.51. The summed E-state index contributed by atoms with van der Waals surface area (Å²) in [4.78, 5) is 12.6. The molecule has 0 aromatic heterocycles. The quantitative estimate of drug-likeness (QED) is 0.0280. The number of hydrogen-bond acceptors (Lipinski definition) is 61. The molecular weight excluding hydrogens is 1880 g/mol. The van der Waals surface area contributed by atoms with Crippen molar-refractivity contribution < 1.29 is 303 Å². The first-order valence-corrected chi connectivity index (χ1v) is 43.2. The van der Waals surface area contributed by atoms with Crippen molar-refractivity contribution in [2.75, 3.05) is 79.3 Å². The molecule has 0 aromatic rings. The fraction of sp³-hybridized carbons (Fsp3) is 0.986. The molecule has 136 heavy (non-hydrogen) atoms. The van der Waals surface area contributed by atoms with Gasteiger partial charge in [-0.3, -0.25) is 4.79 Å². The van der Waals surface area contributed by atoms with E-state index < -0.39 is 454 Å². The monoisotopic (exact) mass is 2000 g/mol. The molecular formula is C74H125NO61. The Balaban J connectivity index is 0.905. The lowest BCUT2D eigenvalue weighted by Crippen LogP contribution is -2.69. The minimum absolute atomic E-state index is 0.924. The van der Waals surface area contributed by atoms with Crippen LogP contribution in [0, 0.1) is 0 Å². The molecule has 0 unspecified atom stereocenters. The highest BCUT2D eigenvalue weighted by atomic mass is 16.8. The van der Waals surface area contributed by atoms with E-state index in [1.165, 1.54) is 0 Å². The number of amides is 1. The van der Waals surface area contributed by atoms with Crippen molar-refractivity contribution in [2.24, 2.45) is 0 Å². The van der Waals surface area contributed by atoms with E-state index in [0.717, 1.165) is 6.92 Å². The number of ether oxygens (including phenoxy) is 23. The highest BCUT2D eigenvalue weighted by Crippen LogP contribution is 2.42. The third-order valence-electron chi connectivity index (χ3n) is 25.5. The lowest BCUT2D eigenvalue weighted by molar-refractivity contribution is -0.413. The van der Waals surface area contributed by atoms with Crippen LogP contribution in [0.3, 0.4) is 0 Å². The Hall–Kier alpha value is -2.93. The first-order valence-electron chi connectivity index (χ1n) is 43.2. The maximum absolute atomic E-state index is 12.9. The van der Waals surface area contributed by atoms with Crippen LogP contribution in [-0.4, -0.2) is 643 Å². The number of aliphatic hydroxyl groups is 37. The molecule has 12 fully saturated rings. The third kappa shape index (κ3) is 23.7. The van der Waals surface area contributed by atoms with Gasteiger partial charge < -0.3 is 303 Å². The number of rotatable bonds is 35. The summed E-state index contributed by atoms with van der Waals surface area (Å²) in [7, 11) is 0. The molecule has 0 aromatic carbocycles. The van der Waals surface area contributed by atoms with Crippen LogP contribution < -0.4 is 5.32 Å². The summed E-state index contributed by atoms with van der Waals surface area (Å²) in [5.41, 5.74) is 0. The topological polar surface area (TPSA) is 990 Å². The first-order chi connectivity index (χ1) is 64.5. The van der Waals surface area contributed by atoms with Crippen LogP contribution in [0.4, 0.5) is 0 Å². The van der Waals surface area contributed by atoms with Gasteiger partial charge >= 0.3 is 0 Å². The third-order valence-corrected chi connectivity index (χ3v) is 25.5. The van der Waals surface area contributed by atoms with Crippen LogP contribution in [0.1, 0.15) is 6.92 Å². The summed E-state index contributed by atoms with van der Waals surface area (Å²) in [5, 5.41) is 415. The Kier molecular flexibility index (Phi) is 40.0. The van der Waals surface area contributed by atoms with E-state index in [2.05, 4.69) is 5.32 Å². The zero-order valence-corrected chi connectivity index (χ0v) is 71.5. The Morgan fingerprint density at radius 3 is 0.728 bits per heavy atom. The molecule has 62 heteroatoms. The molecule has 12 aliphatic rings. The minimum atomic E-state index is -2.79. The van der Waals surface area contributed by atoms with Gasteiger partial charge in [0, 0.05) is 6.92 Å². The van der Waals surface area contributed by atoms with E-state index >= 15 is 0 Å². The van der Waals surface area contributed by atoms with E-state index in [4.69, 9.17) is 109 Å². The van der Waals surface area contributed by atoms with Gasteiger partial charge in [0.2, 0.25) is 5.91 Å². The predicted molar refractivity (Wildman–Crippen MR) is 407 cm³/mol. The molecule has 0 spiro atoms. The number of carbonyl (C=O) groups excluding carboxylic acids is 1. The maximum Gasteiger partial charge on any atom is 0.217 e. The van der Waals surface area contributed by atoms with Crippen molar-refractivity contribution in [1.29, 1.82) is 0 Å². The largest absolute Gasteiger partial charge is 0.394 e. The molecule has 38 N–H and O–H groups in total. The Bertz CT molecular complexity index is 3590. The van der Waals surface area contributed by atoms with Crippen LogP contribution >= 0.6 is 0 Å². The molecule has 0 bridgehead atoms. The SMILES string of the molecule is CC(=O)N[C@@H]1[C@@H](O)[C@H](O[C@@H]2O[C@H](CO[C@H]3O[C@H](CO[C@H]4O[C@H](CO)[C@@H](O)[C@H](O)[C@@H]4O)[C@@H](O)[C@H](O[C@H]4O[C@H](CO)[C@@H](O)[C@H](O)[C@@H]4O)[C@@H]3O)[C@@H](O)[C@H](O[C@H]3O[C@H](CO[C@H]4O[C@H](CO)[C@@H](O)[C@H](O)[C@@H]4O[C@H]4O[C@H](CO)[C@@H](O)[C@H](O[C@H]5O[C@H](CO)[C@@H](O)[C@H](O)[C@@H]5O)[C@@H]4O)[C@@H](O)[C@H](O)[C@@H]3O[C@H]3O[C@H](CO)[C@@H](O)[C@H](O)[C@@H]3O[C@H]3O[C@H](CO)[C@@H](O)[C@H](O[C@H]4O[C@H](CO)[C@@H](O)[C@H](O)[C@@H]4O)[C@@H]3O)[C@@H]2O)[C@@H](CO)O[C@H]1O. The van der Waals surface area contributed by atoms with Gasteiger partial charge in [0.25, 0.3) is 0 Å². The minimum Gasteiger partial charge on any atom is -0.394 e. The molecule has 12 aliphatic heterocycles. The zero-order chi connectivity index (χ0) is 99.7. The molecule has 12 saturated heterocycles. The maximum atomic E-state index is 12.9. The molecule has 12 heterocycles. The van der Waals surface area contributed by atoms with E-state index in [0.29, 0.717) is 0 Å². The second-order valence-electron chi connectivity index (χ2n) is 34.5. The van der Waals surface area contributed by atoms with Crippen molar-refractivity contribution in [3.63, 3.8) is 0 Å². The normalized spacial score (nSPS) is 52.8. The molecule has 0 aliphatic carbocycles. The van der Waals surface area contributed by atoms with E-state index in [-0.39, 0.29) is 0 Å². The van der Waals surface area contributed by atoms with Gasteiger partial charge in [0.1, 0.15) is 293 Å². The summed E-state index contributed by atoms with van der Waals surface area (Å²) in [6, 6.07) is -1.90. The summed E-state index contributed by atoms with van der Waals surface area (Å²) < 4.78 is 134. The fourth-order valence-corrected chi connectivity index (χ4v) is 17.4. The van der Waals surface area contributed by atoms with Crippen molar-refractivity contribution in [3.05, 3.63) is 0 Å². The van der Waals surface area contributed by atoms with E-state index in [1.807, 2.05) is 0 Å². The van der Waals surface area contributed by atoms with Crippen molar-refractivity contribution >= 4 is 5.91 Å². The molecule has 12 rings (SSSR count). The second-order valence-corrected chi connectivity index (χ2v) is 34.5. The number of carbonyl (C=O) groups is 1. The highest BCUT2D eigenvalue weighted by molar-refractivity contribution is 5.73. The fourth-order valence-electron chi connectivity index (χ4n) is 17.4. The zero-order valence-electron chi connectivity index (χ0n) is 71.5. The summed E-state index contributed by atoms with van der Waals surface area (Å²) in [5.74, 6) is -0.937. The second kappa shape index (κ2) is 48.6. The standard InChI is InChI=1S/C74H125NO61/c1-14(85)75-27-39(97)55(23(10-84)117-63(27)113)129-71-54(112)59(38(96)26(127-71)13-115-65-51(109)58(132-68-50(108)43(101)31(89)18(5-79)121-68)37(95)25(126-65)12-114-64-47(105)40(98)28(86)15(2-76)118-64)133-74-62(136-73-61(45(103)33(91)20(7-81)125-73)135-70-53(111)57(36(94)22(9-83)123-70)131-67-49(107)42(100)30(88)17(4-78)120-67)46(104)34(92)24(128-74)11-116-72-60(44(102)32(90)19(6-80)124-72)134-69-52(110)56(35(93)21(8-82)122-69)130-66-48(106)41(99)29(87)16(3-77)119-66/h15-74,76-84,86-113H,2-13H2,1H3,(H,75,85)/t15-,16-,17-,18-,19-,20-,21-,22-,23-,24-,25-,26-,27-,28-,29-,30-,31-,32-,33-,34-,35-,36-,37-,38-,39-,40+,41+,42+,43+,44+,45+,46+,47+,48+,49+,50+,51+,52+,53+,54+,55-,56+,57+,58+,59+,60+,61+,62+,63-,64+,65+,66-,67-,68-,69-,70-,71+,72+,73-,74-/m1/s1. The number of hydrogen-bond donors (Lipinski definition) is 38. The molecule has 1 amide bonds. The van der Waals surface area contributed by atoms with Crippen LogP contribution in [0.15, 0.2) is 0 Å².